The average molecular weight is 526 g/mol. The number of carbonyl (C=O) groups excluding carboxylic acids is 1. The second kappa shape index (κ2) is 8.97. The van der Waals surface area contributed by atoms with Crippen molar-refractivity contribution in [1.82, 2.24) is 14.8 Å². The first-order chi connectivity index (χ1) is 13.4. The molecule has 0 aliphatic heterocycles. The van der Waals surface area contributed by atoms with Crippen LogP contribution in [0, 0.1) is 10.1 Å². The lowest BCUT2D eigenvalue weighted by Gasteiger charge is -2.08. The van der Waals surface area contributed by atoms with E-state index in [4.69, 9.17) is 0 Å². The van der Waals surface area contributed by atoms with Gasteiger partial charge in [0, 0.05) is 38.7 Å². The molecule has 28 heavy (non-hydrogen) atoms. The van der Waals surface area contributed by atoms with E-state index in [1.807, 2.05) is 35.8 Å². The Morgan fingerprint density at radius 3 is 2.54 bits per heavy atom. The first-order valence-corrected chi connectivity index (χ1v) is 10.8. The molecule has 0 saturated carbocycles. The lowest BCUT2D eigenvalue weighted by molar-refractivity contribution is -0.384. The van der Waals surface area contributed by atoms with Crippen LogP contribution in [0.2, 0.25) is 0 Å². The molecule has 1 aromatic heterocycles. The third-order valence-corrected chi connectivity index (χ3v) is 6.12. The Labute approximate surface area is 182 Å². The van der Waals surface area contributed by atoms with Crippen LogP contribution in [0.25, 0.3) is 11.4 Å². The summed E-state index contributed by atoms with van der Waals surface area (Å²) in [6, 6.07) is 11.9. The molecule has 0 aliphatic rings. The van der Waals surface area contributed by atoms with E-state index in [1.165, 1.54) is 30.0 Å². The fraction of sp³-hybridized carbons (Fsp3) is 0.167. The molecule has 0 saturated heterocycles. The molecular formula is C18H14Br2N4O3S. The van der Waals surface area contributed by atoms with E-state index in [-0.39, 0.29) is 22.8 Å². The van der Waals surface area contributed by atoms with Gasteiger partial charge < -0.3 is 4.57 Å². The largest absolute Gasteiger partial charge is 0.302 e. The van der Waals surface area contributed by atoms with Gasteiger partial charge in [-0.05, 0) is 25.1 Å². The van der Waals surface area contributed by atoms with Gasteiger partial charge in [-0.15, -0.1) is 10.2 Å². The van der Waals surface area contributed by atoms with Crippen LogP contribution in [0.5, 0.6) is 0 Å². The molecule has 0 N–H and O–H groups in total. The van der Waals surface area contributed by atoms with E-state index in [0.29, 0.717) is 16.2 Å². The van der Waals surface area contributed by atoms with E-state index < -0.39 is 4.92 Å². The Kier molecular flexibility index (Phi) is 6.63. The van der Waals surface area contributed by atoms with Gasteiger partial charge in [0.2, 0.25) is 0 Å². The first-order valence-electron chi connectivity index (χ1n) is 8.19. The number of thioether (sulfide) groups is 1. The summed E-state index contributed by atoms with van der Waals surface area (Å²) >= 11 is 7.95. The van der Waals surface area contributed by atoms with E-state index in [2.05, 4.69) is 42.1 Å². The summed E-state index contributed by atoms with van der Waals surface area (Å²) < 4.78 is 3.43. The zero-order valence-corrected chi connectivity index (χ0v) is 18.6. The molecule has 10 heteroatoms. The first kappa shape index (κ1) is 20.7. The van der Waals surface area contributed by atoms with Crippen LogP contribution in [0.4, 0.5) is 5.69 Å². The van der Waals surface area contributed by atoms with Gasteiger partial charge in [0.15, 0.2) is 16.8 Å². The van der Waals surface area contributed by atoms with Crippen LogP contribution in [0.3, 0.4) is 0 Å². The number of rotatable bonds is 7. The van der Waals surface area contributed by atoms with Crippen LogP contribution in [-0.2, 0) is 6.54 Å². The van der Waals surface area contributed by atoms with Crippen molar-refractivity contribution in [2.75, 3.05) is 5.75 Å². The molecule has 3 aromatic rings. The molecule has 0 unspecified atom stereocenters. The summed E-state index contributed by atoms with van der Waals surface area (Å²) in [5.41, 5.74) is 1.08. The van der Waals surface area contributed by atoms with Gasteiger partial charge >= 0.3 is 0 Å². The molecule has 0 spiro atoms. The van der Waals surface area contributed by atoms with Crippen LogP contribution in [0.15, 0.2) is 56.6 Å². The standard InChI is InChI=1S/C18H14Br2N4O3S/c1-2-23-17(11-3-5-12(19)6-4-11)21-22-18(23)28-10-16(25)14-9-13(24(26)27)7-8-15(14)20/h3-9H,2,10H2,1H3. The van der Waals surface area contributed by atoms with Crippen LogP contribution < -0.4 is 0 Å². The number of nitro benzene ring substituents is 1. The van der Waals surface area contributed by atoms with Crippen LogP contribution >= 0.6 is 43.6 Å². The number of benzene rings is 2. The number of carbonyl (C=O) groups is 1. The number of nitro groups is 1. The highest BCUT2D eigenvalue weighted by Crippen LogP contribution is 2.28. The predicted octanol–water partition coefficient (Wildman–Crippen LogP) is 5.37. The molecule has 7 nitrogen and oxygen atoms in total. The number of Topliss-reactive ketones (excluding diaryl/α,β-unsaturated/α-hetero) is 1. The van der Waals surface area contributed by atoms with Crippen molar-refractivity contribution in [3.05, 3.63) is 67.1 Å². The number of ketones is 1. The Bertz CT molecular complexity index is 1040. The van der Waals surface area contributed by atoms with Crippen LogP contribution in [0.1, 0.15) is 17.3 Å². The number of halogens is 2. The molecule has 144 valence electrons. The van der Waals surface area contributed by atoms with Gasteiger partial charge in [0.25, 0.3) is 5.69 Å². The number of hydrogen-bond donors (Lipinski definition) is 0. The van der Waals surface area contributed by atoms with Gasteiger partial charge in [0.1, 0.15) is 0 Å². The van der Waals surface area contributed by atoms with Crippen molar-refractivity contribution in [2.24, 2.45) is 0 Å². The Hall–Kier alpha value is -2.04. The van der Waals surface area contributed by atoms with Gasteiger partial charge in [0.05, 0.1) is 10.7 Å². The van der Waals surface area contributed by atoms with Crippen molar-refractivity contribution in [3.8, 4) is 11.4 Å². The monoisotopic (exact) mass is 524 g/mol. The average Bonchev–Trinajstić information content (AvgIpc) is 3.09. The number of non-ortho nitro benzene ring substituents is 1. The SMILES string of the molecule is CCn1c(SCC(=O)c2cc([N+](=O)[O-])ccc2Br)nnc1-c1ccc(Br)cc1. The van der Waals surface area contributed by atoms with Crippen molar-refractivity contribution < 1.29 is 9.72 Å². The highest BCUT2D eigenvalue weighted by Gasteiger charge is 2.18. The summed E-state index contributed by atoms with van der Waals surface area (Å²) in [5.74, 6) is 0.594. The maximum absolute atomic E-state index is 12.6. The summed E-state index contributed by atoms with van der Waals surface area (Å²) in [7, 11) is 0. The zero-order valence-electron chi connectivity index (χ0n) is 14.6. The van der Waals surface area contributed by atoms with E-state index in [0.717, 1.165) is 15.9 Å². The molecule has 3 rings (SSSR count). The topological polar surface area (TPSA) is 90.9 Å². The van der Waals surface area contributed by atoms with Crippen molar-refractivity contribution in [2.45, 2.75) is 18.6 Å². The van der Waals surface area contributed by atoms with Gasteiger partial charge in [-0.2, -0.15) is 0 Å². The van der Waals surface area contributed by atoms with E-state index >= 15 is 0 Å². The minimum Gasteiger partial charge on any atom is -0.302 e. The maximum Gasteiger partial charge on any atom is 0.270 e. The molecule has 0 bridgehead atoms. The number of hydrogen-bond acceptors (Lipinski definition) is 6. The quantitative estimate of drug-likeness (QED) is 0.178. The second-order valence-corrected chi connectivity index (χ2v) is 8.40. The fourth-order valence-electron chi connectivity index (χ4n) is 2.54. The number of nitrogens with zero attached hydrogens (tertiary/aromatic N) is 4. The number of aromatic nitrogens is 3. The van der Waals surface area contributed by atoms with Crippen molar-refractivity contribution >= 4 is 55.1 Å². The molecule has 0 fully saturated rings. The molecule has 2 aromatic carbocycles. The lowest BCUT2D eigenvalue weighted by atomic mass is 10.1. The molecule has 1 heterocycles. The third kappa shape index (κ3) is 4.50. The third-order valence-electron chi connectivity index (χ3n) is 3.93. The second-order valence-electron chi connectivity index (χ2n) is 5.69. The minimum atomic E-state index is -0.519. The maximum atomic E-state index is 12.6. The molecule has 0 radical (unpaired) electrons. The van der Waals surface area contributed by atoms with Crippen LogP contribution in [-0.4, -0.2) is 31.2 Å². The Morgan fingerprint density at radius 1 is 1.18 bits per heavy atom. The highest BCUT2D eigenvalue weighted by atomic mass is 79.9. The normalized spacial score (nSPS) is 10.8. The molecule has 0 aliphatic carbocycles. The lowest BCUT2D eigenvalue weighted by Crippen LogP contribution is -2.06. The Balaban J connectivity index is 1.80. The molecular weight excluding hydrogens is 512 g/mol. The molecule has 0 atom stereocenters. The smallest absolute Gasteiger partial charge is 0.270 e. The van der Waals surface area contributed by atoms with Gasteiger partial charge in [-0.1, -0.05) is 55.8 Å². The van der Waals surface area contributed by atoms with E-state index in [9.17, 15) is 14.9 Å². The highest BCUT2D eigenvalue weighted by molar-refractivity contribution is 9.10. The summed E-state index contributed by atoms with van der Waals surface area (Å²) in [4.78, 5) is 23.0. The molecule has 0 amide bonds. The van der Waals surface area contributed by atoms with Gasteiger partial charge in [-0.3, -0.25) is 14.9 Å². The minimum absolute atomic E-state index is 0.0955. The Morgan fingerprint density at radius 2 is 1.89 bits per heavy atom. The summed E-state index contributed by atoms with van der Waals surface area (Å²) in [6.45, 7) is 2.63. The van der Waals surface area contributed by atoms with Crippen molar-refractivity contribution in [1.29, 1.82) is 0 Å². The van der Waals surface area contributed by atoms with Crippen molar-refractivity contribution in [3.63, 3.8) is 0 Å². The van der Waals surface area contributed by atoms with Gasteiger partial charge in [-0.25, -0.2) is 0 Å². The summed E-state index contributed by atoms with van der Waals surface area (Å²) in [5, 5.41) is 20.0. The fourth-order valence-corrected chi connectivity index (χ4v) is 4.16. The summed E-state index contributed by atoms with van der Waals surface area (Å²) in [6.07, 6.45) is 0. The zero-order chi connectivity index (χ0) is 20.3. The van der Waals surface area contributed by atoms with E-state index in [1.54, 1.807) is 0 Å². The predicted molar refractivity (Wildman–Crippen MR) is 115 cm³/mol.